The molecule has 1 N–H and O–H groups in total. The molecule has 0 aliphatic carbocycles. The lowest BCUT2D eigenvalue weighted by molar-refractivity contribution is -0.137. The summed E-state index contributed by atoms with van der Waals surface area (Å²) in [5.41, 5.74) is 0.305. The minimum Gasteiger partial charge on any atom is -0.352 e. The summed E-state index contributed by atoms with van der Waals surface area (Å²) in [6.45, 7) is 4.01. The lowest BCUT2D eigenvalue weighted by Gasteiger charge is -2.24. The molecule has 0 radical (unpaired) electrons. The summed E-state index contributed by atoms with van der Waals surface area (Å²) in [5.74, 6) is -0.454. The van der Waals surface area contributed by atoms with E-state index in [0.29, 0.717) is 24.1 Å². The molecule has 2 aliphatic rings. The van der Waals surface area contributed by atoms with Crippen LogP contribution in [0.15, 0.2) is 65.4 Å². The zero-order chi connectivity index (χ0) is 27.0. The highest BCUT2D eigenvalue weighted by Gasteiger charge is 2.48. The van der Waals surface area contributed by atoms with Crippen LogP contribution in [0.1, 0.15) is 23.1 Å². The number of nitrogens with zero attached hydrogens (tertiary/aromatic N) is 2. The summed E-state index contributed by atoms with van der Waals surface area (Å²) >= 11 is 0. The number of hydrogen-bond donors (Lipinski definition) is 1. The smallest absolute Gasteiger partial charge is 0.352 e. The van der Waals surface area contributed by atoms with Crippen LogP contribution < -0.4 is 5.32 Å². The Morgan fingerprint density at radius 2 is 1.62 bits per heavy atom. The predicted molar refractivity (Wildman–Crippen MR) is 130 cm³/mol. The van der Waals surface area contributed by atoms with Crippen molar-refractivity contribution in [3.05, 3.63) is 77.2 Å². The minimum absolute atomic E-state index is 0.0379. The number of fused-ring (bicyclic) bond motifs is 1. The van der Waals surface area contributed by atoms with Crippen molar-refractivity contribution < 1.29 is 34.8 Å². The Morgan fingerprint density at radius 3 is 2.22 bits per heavy atom. The fourth-order valence-electron chi connectivity index (χ4n) is 4.67. The molecule has 2 unspecified atom stereocenters. The topological polar surface area (TPSA) is 104 Å². The largest absolute Gasteiger partial charge is 0.416 e. The highest BCUT2D eigenvalue weighted by atomic mass is 32.2. The highest BCUT2D eigenvalue weighted by molar-refractivity contribution is 7.92. The van der Waals surface area contributed by atoms with E-state index >= 15 is 0 Å². The maximum atomic E-state index is 13.3. The Kier molecular flexibility index (Phi) is 7.52. The summed E-state index contributed by atoms with van der Waals surface area (Å²) in [5, 5.41) is 3.50. The van der Waals surface area contributed by atoms with Gasteiger partial charge in [0.2, 0.25) is 26.0 Å². The van der Waals surface area contributed by atoms with Crippen LogP contribution in [0.25, 0.3) is 0 Å². The number of halogens is 3. The van der Waals surface area contributed by atoms with Crippen LogP contribution in [-0.4, -0.2) is 57.0 Å². The molecule has 13 heteroatoms. The monoisotopic (exact) mass is 557 g/mol. The van der Waals surface area contributed by atoms with E-state index < -0.39 is 37.8 Å². The molecule has 0 spiro atoms. The molecule has 2 fully saturated rings. The Morgan fingerprint density at radius 1 is 1.00 bits per heavy atom. The van der Waals surface area contributed by atoms with Gasteiger partial charge in [-0.25, -0.2) is 16.8 Å². The van der Waals surface area contributed by atoms with Crippen molar-refractivity contribution in [2.75, 3.05) is 19.6 Å². The van der Waals surface area contributed by atoms with Gasteiger partial charge in [-0.2, -0.15) is 21.8 Å². The standard InChI is InChI=1S/C24H26F3N3O5S2/c1-2-36(32,33)29-15-19-11-12-30(22(19)16-29)37(34,35)21-9-5-17(6-10-21)13-23(31)28-14-18-3-7-20(8-4-18)24(25,26)27/h2-10,19,22H,1,11-16H2,(H,28,31). The molecular formula is C24H26F3N3O5S2. The van der Waals surface area contributed by atoms with Gasteiger partial charge in [0.25, 0.3) is 0 Å². The average Bonchev–Trinajstić information content (AvgIpc) is 3.45. The molecule has 2 aromatic rings. The number of rotatable bonds is 8. The summed E-state index contributed by atoms with van der Waals surface area (Å²) in [6, 6.07) is 9.92. The van der Waals surface area contributed by atoms with E-state index in [9.17, 15) is 34.8 Å². The molecule has 8 nitrogen and oxygen atoms in total. The number of benzene rings is 2. The molecule has 0 saturated carbocycles. The second-order valence-electron chi connectivity index (χ2n) is 9.05. The van der Waals surface area contributed by atoms with Gasteiger partial charge in [-0.1, -0.05) is 30.8 Å². The molecule has 2 atom stereocenters. The minimum atomic E-state index is -4.43. The summed E-state index contributed by atoms with van der Waals surface area (Å²) in [7, 11) is -7.50. The van der Waals surface area contributed by atoms with Gasteiger partial charge >= 0.3 is 6.18 Å². The van der Waals surface area contributed by atoms with Gasteiger partial charge in [0.15, 0.2) is 0 Å². The maximum Gasteiger partial charge on any atom is 0.416 e. The zero-order valence-corrected chi connectivity index (χ0v) is 21.3. The fraction of sp³-hybridized carbons (Fsp3) is 0.375. The second-order valence-corrected chi connectivity index (χ2v) is 12.8. The average molecular weight is 558 g/mol. The first kappa shape index (κ1) is 27.3. The Labute approximate surface area is 213 Å². The van der Waals surface area contributed by atoms with Crippen LogP contribution in [0.5, 0.6) is 0 Å². The summed E-state index contributed by atoms with van der Waals surface area (Å²) in [6.07, 6.45) is -3.91. The molecule has 37 heavy (non-hydrogen) atoms. The van der Waals surface area contributed by atoms with Crippen LogP contribution in [0, 0.1) is 5.92 Å². The Hall–Kier alpha value is -2.74. The number of amides is 1. The van der Waals surface area contributed by atoms with E-state index in [-0.39, 0.29) is 42.8 Å². The van der Waals surface area contributed by atoms with E-state index in [2.05, 4.69) is 11.9 Å². The van der Waals surface area contributed by atoms with Crippen molar-refractivity contribution in [2.45, 2.75) is 36.5 Å². The molecule has 2 aliphatic heterocycles. The zero-order valence-electron chi connectivity index (χ0n) is 19.7. The number of alkyl halides is 3. The molecule has 4 rings (SSSR count). The molecule has 2 aromatic carbocycles. The number of carbonyl (C=O) groups excluding carboxylic acids is 1. The third-order valence-electron chi connectivity index (χ3n) is 6.70. The van der Waals surface area contributed by atoms with Gasteiger partial charge in [-0.05, 0) is 47.7 Å². The van der Waals surface area contributed by atoms with Crippen LogP contribution >= 0.6 is 0 Å². The molecule has 200 valence electrons. The van der Waals surface area contributed by atoms with Gasteiger partial charge in [-0.15, -0.1) is 0 Å². The van der Waals surface area contributed by atoms with Gasteiger partial charge in [0.1, 0.15) is 0 Å². The molecule has 1 amide bonds. The Bertz CT molecular complexity index is 1380. The van der Waals surface area contributed by atoms with Gasteiger partial charge < -0.3 is 5.32 Å². The Balaban J connectivity index is 1.35. The summed E-state index contributed by atoms with van der Waals surface area (Å²) in [4.78, 5) is 12.3. The van der Waals surface area contributed by atoms with Crippen LogP contribution in [0.4, 0.5) is 13.2 Å². The maximum absolute atomic E-state index is 13.3. The van der Waals surface area contributed by atoms with Crippen LogP contribution in [0.3, 0.4) is 0 Å². The number of sulfonamides is 2. The van der Waals surface area contributed by atoms with E-state index in [1.54, 1.807) is 0 Å². The van der Waals surface area contributed by atoms with Crippen molar-refractivity contribution in [1.29, 1.82) is 0 Å². The third kappa shape index (κ3) is 5.89. The third-order valence-corrected chi connectivity index (χ3v) is 10.1. The quantitative estimate of drug-likeness (QED) is 0.538. The van der Waals surface area contributed by atoms with Crippen LogP contribution in [0.2, 0.25) is 0 Å². The SMILES string of the molecule is C=CS(=O)(=O)N1CC2CCN(S(=O)(=O)c3ccc(CC(=O)NCc4ccc(C(F)(F)F)cc4)cc3)C2C1. The van der Waals surface area contributed by atoms with E-state index in [0.717, 1.165) is 17.5 Å². The van der Waals surface area contributed by atoms with Gasteiger partial charge in [0, 0.05) is 37.6 Å². The molecule has 0 aromatic heterocycles. The van der Waals surface area contributed by atoms with E-state index in [1.807, 2.05) is 0 Å². The van der Waals surface area contributed by atoms with Crippen molar-refractivity contribution in [2.24, 2.45) is 5.92 Å². The number of nitrogens with one attached hydrogen (secondary N) is 1. The first-order chi connectivity index (χ1) is 17.3. The van der Waals surface area contributed by atoms with Gasteiger partial charge in [-0.3, -0.25) is 4.79 Å². The first-order valence-corrected chi connectivity index (χ1v) is 14.4. The van der Waals surface area contributed by atoms with Crippen LogP contribution in [-0.2, 0) is 44.0 Å². The second kappa shape index (κ2) is 10.2. The summed E-state index contributed by atoms with van der Waals surface area (Å²) < 4.78 is 91.4. The van der Waals surface area contributed by atoms with E-state index in [1.165, 1.54) is 45.0 Å². The lowest BCUT2D eigenvalue weighted by atomic mass is 10.1. The number of hydrogen-bond acceptors (Lipinski definition) is 5. The van der Waals surface area contributed by atoms with Crippen molar-refractivity contribution in [3.63, 3.8) is 0 Å². The molecular weight excluding hydrogens is 531 g/mol. The van der Waals surface area contributed by atoms with Crippen molar-refractivity contribution >= 4 is 26.0 Å². The molecule has 0 bridgehead atoms. The van der Waals surface area contributed by atoms with E-state index in [4.69, 9.17) is 0 Å². The van der Waals surface area contributed by atoms with Gasteiger partial charge in [0.05, 0.1) is 16.9 Å². The predicted octanol–water partition coefficient (Wildman–Crippen LogP) is 2.73. The molecule has 2 saturated heterocycles. The van der Waals surface area contributed by atoms with Crippen molar-refractivity contribution in [3.8, 4) is 0 Å². The fourth-order valence-corrected chi connectivity index (χ4v) is 7.33. The normalized spacial score (nSPS) is 21.1. The number of carbonyl (C=O) groups is 1. The lowest BCUT2D eigenvalue weighted by Crippen LogP contribution is -2.40. The van der Waals surface area contributed by atoms with Crippen molar-refractivity contribution in [1.82, 2.24) is 13.9 Å². The first-order valence-electron chi connectivity index (χ1n) is 11.5. The highest BCUT2D eigenvalue weighted by Crippen LogP contribution is 2.36. The molecule has 2 heterocycles.